The van der Waals surface area contributed by atoms with Crippen molar-refractivity contribution in [2.24, 2.45) is 11.8 Å². The Morgan fingerprint density at radius 3 is 2.48 bits per heavy atom. The molecule has 3 amide bonds. The number of piperidine rings is 1. The molecule has 2 unspecified atom stereocenters. The molecule has 27 heavy (non-hydrogen) atoms. The maximum absolute atomic E-state index is 13.6. The van der Waals surface area contributed by atoms with Crippen LogP contribution in [-0.4, -0.2) is 48.5 Å². The first-order valence-corrected chi connectivity index (χ1v) is 9.27. The lowest BCUT2D eigenvalue weighted by Crippen LogP contribution is -2.47. The van der Waals surface area contributed by atoms with E-state index >= 15 is 0 Å². The van der Waals surface area contributed by atoms with Crippen LogP contribution < -0.4 is 10.6 Å². The molecule has 1 aliphatic carbocycles. The number of hydrogen-bond donors (Lipinski definition) is 2. The molecule has 3 rings (SSSR count). The molecular formula is C19H24FN3O4. The zero-order valence-corrected chi connectivity index (χ0v) is 15.2. The lowest BCUT2D eigenvalue weighted by atomic mass is 10.1. The normalized spacial score (nSPS) is 22.1. The predicted molar refractivity (Wildman–Crippen MR) is 96.4 cm³/mol. The van der Waals surface area contributed by atoms with Crippen molar-refractivity contribution in [2.75, 3.05) is 25.0 Å². The summed E-state index contributed by atoms with van der Waals surface area (Å²) < 4.78 is 18.6. The van der Waals surface area contributed by atoms with Gasteiger partial charge < -0.3 is 20.3 Å². The average Bonchev–Trinajstić information content (AvgIpc) is 3.45. The SMILES string of the molecule is CCOC(=O)N1CCC(NC(=O)C2CC2C(=O)Nc2ccccc2F)CC1. The Balaban J connectivity index is 1.42. The number of likely N-dealkylation sites (tertiary alicyclic amines) is 1. The number of nitrogens with zero attached hydrogens (tertiary/aromatic N) is 1. The van der Waals surface area contributed by atoms with Gasteiger partial charge in [0.15, 0.2) is 0 Å². The first-order chi connectivity index (χ1) is 13.0. The summed E-state index contributed by atoms with van der Waals surface area (Å²) in [6, 6.07) is 5.93. The number of hydrogen-bond acceptors (Lipinski definition) is 4. The van der Waals surface area contributed by atoms with Gasteiger partial charge in [-0.05, 0) is 38.3 Å². The highest BCUT2D eigenvalue weighted by Gasteiger charge is 2.48. The van der Waals surface area contributed by atoms with Gasteiger partial charge in [0.05, 0.1) is 24.1 Å². The van der Waals surface area contributed by atoms with Crippen molar-refractivity contribution in [3.63, 3.8) is 0 Å². The number of benzene rings is 1. The van der Waals surface area contributed by atoms with Crippen molar-refractivity contribution in [3.8, 4) is 0 Å². The van der Waals surface area contributed by atoms with Crippen molar-refractivity contribution in [1.29, 1.82) is 0 Å². The van der Waals surface area contributed by atoms with Gasteiger partial charge in [-0.1, -0.05) is 12.1 Å². The third kappa shape index (κ3) is 4.75. The van der Waals surface area contributed by atoms with E-state index in [1.165, 1.54) is 12.1 Å². The van der Waals surface area contributed by atoms with Crippen LogP contribution in [0.15, 0.2) is 24.3 Å². The molecule has 2 fully saturated rings. The van der Waals surface area contributed by atoms with Gasteiger partial charge >= 0.3 is 6.09 Å². The molecule has 1 heterocycles. The first-order valence-electron chi connectivity index (χ1n) is 9.27. The van der Waals surface area contributed by atoms with E-state index in [1.54, 1.807) is 24.0 Å². The molecular weight excluding hydrogens is 353 g/mol. The van der Waals surface area contributed by atoms with Gasteiger partial charge in [0, 0.05) is 19.1 Å². The van der Waals surface area contributed by atoms with Crippen molar-refractivity contribution in [2.45, 2.75) is 32.2 Å². The van der Waals surface area contributed by atoms with Gasteiger partial charge in [0.25, 0.3) is 0 Å². The smallest absolute Gasteiger partial charge is 0.409 e. The zero-order valence-electron chi connectivity index (χ0n) is 15.2. The van der Waals surface area contributed by atoms with E-state index in [1.807, 2.05) is 0 Å². The molecule has 1 aromatic rings. The van der Waals surface area contributed by atoms with E-state index in [0.29, 0.717) is 39.0 Å². The summed E-state index contributed by atoms with van der Waals surface area (Å²) in [4.78, 5) is 37.9. The highest BCUT2D eigenvalue weighted by atomic mass is 19.1. The number of nitrogens with one attached hydrogen (secondary N) is 2. The second-order valence-corrected chi connectivity index (χ2v) is 6.89. The summed E-state index contributed by atoms with van der Waals surface area (Å²) in [6.07, 6.45) is 1.45. The monoisotopic (exact) mass is 377 g/mol. The van der Waals surface area contributed by atoms with Gasteiger partial charge in [-0.15, -0.1) is 0 Å². The molecule has 1 saturated carbocycles. The number of rotatable bonds is 5. The number of halogens is 1. The molecule has 0 radical (unpaired) electrons. The van der Waals surface area contributed by atoms with Gasteiger partial charge in [-0.2, -0.15) is 0 Å². The summed E-state index contributed by atoms with van der Waals surface area (Å²) >= 11 is 0. The van der Waals surface area contributed by atoms with Gasteiger partial charge in [-0.25, -0.2) is 9.18 Å². The molecule has 1 saturated heterocycles. The average molecular weight is 377 g/mol. The minimum atomic E-state index is -0.499. The van der Waals surface area contributed by atoms with Crippen molar-refractivity contribution >= 4 is 23.6 Å². The fourth-order valence-corrected chi connectivity index (χ4v) is 3.29. The second-order valence-electron chi connectivity index (χ2n) is 6.89. The van der Waals surface area contributed by atoms with Crippen LogP contribution in [0.2, 0.25) is 0 Å². The van der Waals surface area contributed by atoms with Gasteiger partial charge in [-0.3, -0.25) is 9.59 Å². The Labute approximate surface area is 157 Å². The summed E-state index contributed by atoms with van der Waals surface area (Å²) in [7, 11) is 0. The van der Waals surface area contributed by atoms with Crippen LogP contribution in [0.1, 0.15) is 26.2 Å². The van der Waals surface area contributed by atoms with E-state index in [2.05, 4.69) is 10.6 Å². The van der Waals surface area contributed by atoms with Crippen LogP contribution in [0.25, 0.3) is 0 Å². The van der Waals surface area contributed by atoms with E-state index < -0.39 is 11.7 Å². The second kappa shape index (κ2) is 8.37. The maximum atomic E-state index is 13.6. The van der Waals surface area contributed by atoms with E-state index in [-0.39, 0.29) is 35.6 Å². The Morgan fingerprint density at radius 2 is 1.81 bits per heavy atom. The summed E-state index contributed by atoms with van der Waals surface area (Å²) in [5.74, 6) is -1.79. The predicted octanol–water partition coefficient (Wildman–Crippen LogP) is 2.14. The molecule has 1 aromatic carbocycles. The quantitative estimate of drug-likeness (QED) is 0.823. The third-order valence-corrected chi connectivity index (χ3v) is 4.96. The van der Waals surface area contributed by atoms with Crippen molar-refractivity contribution in [3.05, 3.63) is 30.1 Å². The molecule has 8 heteroatoms. The standard InChI is InChI=1S/C19H24FN3O4/c1-2-27-19(26)23-9-7-12(8-10-23)21-17(24)13-11-14(13)18(25)22-16-6-4-3-5-15(16)20/h3-6,12-14H,2,7-11H2,1H3,(H,21,24)(H,22,25). The fraction of sp³-hybridized carbons (Fsp3) is 0.526. The molecule has 1 aliphatic heterocycles. The van der Waals surface area contributed by atoms with Crippen molar-refractivity contribution < 1.29 is 23.5 Å². The number of amides is 3. The Kier molecular flexibility index (Phi) is 5.93. The Morgan fingerprint density at radius 1 is 1.15 bits per heavy atom. The maximum Gasteiger partial charge on any atom is 0.409 e. The van der Waals surface area contributed by atoms with E-state index in [9.17, 15) is 18.8 Å². The number of anilines is 1. The third-order valence-electron chi connectivity index (χ3n) is 4.96. The minimum Gasteiger partial charge on any atom is -0.450 e. The fourth-order valence-electron chi connectivity index (χ4n) is 3.29. The molecule has 2 atom stereocenters. The van der Waals surface area contributed by atoms with Crippen LogP contribution in [0.5, 0.6) is 0 Å². The molecule has 0 aromatic heterocycles. The number of ether oxygens (including phenoxy) is 1. The molecule has 7 nitrogen and oxygen atoms in total. The van der Waals surface area contributed by atoms with Crippen LogP contribution in [0.3, 0.4) is 0 Å². The summed E-state index contributed by atoms with van der Waals surface area (Å²) in [5.41, 5.74) is 0.125. The number of carbonyl (C=O) groups excluding carboxylic acids is 3. The Bertz CT molecular complexity index is 719. The minimum absolute atomic E-state index is 0.0148. The van der Waals surface area contributed by atoms with Crippen molar-refractivity contribution in [1.82, 2.24) is 10.2 Å². The zero-order chi connectivity index (χ0) is 19.4. The summed E-state index contributed by atoms with van der Waals surface area (Å²) in [5, 5.41) is 5.50. The summed E-state index contributed by atoms with van der Waals surface area (Å²) in [6.45, 7) is 3.17. The molecule has 0 spiro atoms. The molecule has 146 valence electrons. The number of para-hydroxylation sites is 1. The van der Waals surface area contributed by atoms with Crippen LogP contribution >= 0.6 is 0 Å². The lowest BCUT2D eigenvalue weighted by Gasteiger charge is -2.31. The molecule has 2 aliphatic rings. The van der Waals surface area contributed by atoms with E-state index in [0.717, 1.165) is 0 Å². The van der Waals surface area contributed by atoms with Crippen LogP contribution in [0.4, 0.5) is 14.9 Å². The van der Waals surface area contributed by atoms with E-state index in [4.69, 9.17) is 4.74 Å². The lowest BCUT2D eigenvalue weighted by molar-refractivity contribution is -0.126. The highest BCUT2D eigenvalue weighted by molar-refractivity contribution is 5.99. The molecule has 0 bridgehead atoms. The number of carbonyl (C=O) groups is 3. The highest BCUT2D eigenvalue weighted by Crippen LogP contribution is 2.40. The molecule has 2 N–H and O–H groups in total. The van der Waals surface area contributed by atoms with Crippen LogP contribution in [-0.2, 0) is 14.3 Å². The topological polar surface area (TPSA) is 87.7 Å². The Hall–Kier alpha value is -2.64. The van der Waals surface area contributed by atoms with Gasteiger partial charge in [0.1, 0.15) is 5.82 Å². The largest absolute Gasteiger partial charge is 0.450 e. The van der Waals surface area contributed by atoms with Crippen LogP contribution in [0, 0.1) is 17.7 Å². The first kappa shape index (κ1) is 19.1. The van der Waals surface area contributed by atoms with Gasteiger partial charge in [0.2, 0.25) is 11.8 Å².